The van der Waals surface area contributed by atoms with Crippen LogP contribution in [-0.2, 0) is 0 Å². The van der Waals surface area contributed by atoms with Gasteiger partial charge in [0.1, 0.15) is 11.5 Å². The molecule has 0 N–H and O–H groups in total. The Bertz CT molecular complexity index is 1690. The first-order valence-corrected chi connectivity index (χ1v) is 15.6. The predicted octanol–water partition coefficient (Wildman–Crippen LogP) is 11.5. The van der Waals surface area contributed by atoms with Crippen LogP contribution >= 0.6 is 0 Å². The van der Waals surface area contributed by atoms with Crippen molar-refractivity contribution in [1.82, 2.24) is 0 Å². The summed E-state index contributed by atoms with van der Waals surface area (Å²) in [4.78, 5) is 4.48. The average Bonchev–Trinajstić information content (AvgIpc) is 3.08. The second-order valence-electron chi connectivity index (χ2n) is 11.8. The minimum atomic E-state index is 0.780. The van der Waals surface area contributed by atoms with Crippen molar-refractivity contribution in [2.75, 3.05) is 24.0 Å². The number of methoxy groups -OCH3 is 2. The Hall–Kier alpha value is -5.48. The number of nitrogens with zero attached hydrogens (tertiary/aromatic N) is 2. The van der Waals surface area contributed by atoms with Crippen molar-refractivity contribution in [2.24, 2.45) is 0 Å². The van der Waals surface area contributed by atoms with E-state index in [2.05, 4.69) is 171 Å². The molecule has 0 fully saturated rings. The van der Waals surface area contributed by atoms with Crippen LogP contribution in [0.15, 0.2) is 133 Å². The van der Waals surface area contributed by atoms with Crippen LogP contribution < -0.4 is 19.3 Å². The third-order valence-electron chi connectivity index (χ3n) is 8.34. The van der Waals surface area contributed by atoms with Crippen molar-refractivity contribution in [3.8, 4) is 22.6 Å². The van der Waals surface area contributed by atoms with E-state index in [0.717, 1.165) is 56.8 Å². The molecule has 0 bridgehead atoms. The van der Waals surface area contributed by atoms with E-state index in [0.29, 0.717) is 0 Å². The first kappa shape index (κ1) is 30.5. The van der Waals surface area contributed by atoms with E-state index < -0.39 is 0 Å². The van der Waals surface area contributed by atoms with Gasteiger partial charge in [0.25, 0.3) is 0 Å². The van der Waals surface area contributed by atoms with Gasteiger partial charge in [-0.15, -0.1) is 0 Å². The fraction of sp³-hybridized carbons (Fsp3) is 0.143. The molecular formula is C42H40N2O2. The minimum absolute atomic E-state index is 0.780. The molecule has 0 aliphatic rings. The number of aryl methyl sites for hydroxylation is 4. The monoisotopic (exact) mass is 604 g/mol. The van der Waals surface area contributed by atoms with Gasteiger partial charge in [0.15, 0.2) is 0 Å². The van der Waals surface area contributed by atoms with Gasteiger partial charge in [-0.1, -0.05) is 82.9 Å². The van der Waals surface area contributed by atoms with Gasteiger partial charge < -0.3 is 19.3 Å². The standard InChI is InChI=1S/C42H40N2O2/c1-29-7-17-35(18-8-29)43(36-19-9-30(2)10-20-36)39-25-15-33(27-41(39)45-5)34-16-26-40(42(28-34)46-6)44(37-21-11-31(3)12-22-37)38-23-13-32(4)14-24-38/h7-28H,1-6H3. The Balaban J connectivity index is 1.42. The smallest absolute Gasteiger partial charge is 0.143 e. The molecule has 0 amide bonds. The maximum Gasteiger partial charge on any atom is 0.143 e. The maximum atomic E-state index is 6.05. The van der Waals surface area contributed by atoms with Gasteiger partial charge >= 0.3 is 0 Å². The lowest BCUT2D eigenvalue weighted by atomic mass is 10.0. The van der Waals surface area contributed by atoms with Crippen molar-refractivity contribution in [3.63, 3.8) is 0 Å². The Kier molecular flexibility index (Phi) is 8.80. The molecule has 4 heteroatoms. The summed E-state index contributed by atoms with van der Waals surface area (Å²) in [7, 11) is 3.46. The topological polar surface area (TPSA) is 24.9 Å². The van der Waals surface area contributed by atoms with E-state index in [-0.39, 0.29) is 0 Å². The second-order valence-corrected chi connectivity index (χ2v) is 11.8. The zero-order valence-electron chi connectivity index (χ0n) is 27.4. The van der Waals surface area contributed by atoms with Crippen LogP contribution in [0.3, 0.4) is 0 Å². The Morgan fingerprint density at radius 3 is 0.848 bits per heavy atom. The molecule has 0 atom stereocenters. The van der Waals surface area contributed by atoms with E-state index in [1.54, 1.807) is 14.2 Å². The summed E-state index contributed by atoms with van der Waals surface area (Å²) in [5, 5.41) is 0. The molecule has 0 heterocycles. The van der Waals surface area contributed by atoms with Gasteiger partial charge in [-0.05, 0) is 112 Å². The molecule has 0 spiro atoms. The van der Waals surface area contributed by atoms with Crippen LogP contribution in [0.25, 0.3) is 11.1 Å². The van der Waals surface area contributed by atoms with Crippen LogP contribution in [0.2, 0.25) is 0 Å². The number of rotatable bonds is 9. The van der Waals surface area contributed by atoms with Gasteiger partial charge in [-0.3, -0.25) is 0 Å². The summed E-state index contributed by atoms with van der Waals surface area (Å²) in [5.41, 5.74) is 13.2. The van der Waals surface area contributed by atoms with E-state index in [1.807, 2.05) is 0 Å². The van der Waals surface area contributed by atoms with Gasteiger partial charge in [0.2, 0.25) is 0 Å². The van der Waals surface area contributed by atoms with E-state index in [9.17, 15) is 0 Å². The van der Waals surface area contributed by atoms with E-state index in [1.165, 1.54) is 22.3 Å². The van der Waals surface area contributed by atoms with Crippen LogP contribution in [0.4, 0.5) is 34.1 Å². The Labute approximate surface area is 273 Å². The molecule has 4 nitrogen and oxygen atoms in total. The van der Waals surface area contributed by atoms with Crippen molar-refractivity contribution in [1.29, 1.82) is 0 Å². The average molecular weight is 605 g/mol. The molecule has 46 heavy (non-hydrogen) atoms. The summed E-state index contributed by atoms with van der Waals surface area (Å²) < 4.78 is 12.1. The lowest BCUT2D eigenvalue weighted by Crippen LogP contribution is -2.11. The highest BCUT2D eigenvalue weighted by atomic mass is 16.5. The first-order chi connectivity index (χ1) is 22.3. The van der Waals surface area contributed by atoms with Gasteiger partial charge in [-0.25, -0.2) is 0 Å². The Morgan fingerprint density at radius 1 is 0.348 bits per heavy atom. The molecule has 0 aliphatic carbocycles. The molecule has 0 radical (unpaired) electrons. The largest absolute Gasteiger partial charge is 0.495 e. The first-order valence-electron chi connectivity index (χ1n) is 15.6. The fourth-order valence-corrected chi connectivity index (χ4v) is 5.71. The minimum Gasteiger partial charge on any atom is -0.495 e. The molecule has 6 aromatic carbocycles. The van der Waals surface area contributed by atoms with Crippen molar-refractivity contribution < 1.29 is 9.47 Å². The van der Waals surface area contributed by atoms with Crippen LogP contribution in [0.1, 0.15) is 22.3 Å². The Morgan fingerprint density at radius 2 is 0.609 bits per heavy atom. The number of benzene rings is 6. The molecule has 0 aliphatic heterocycles. The highest BCUT2D eigenvalue weighted by molar-refractivity contribution is 5.85. The number of ether oxygens (including phenoxy) is 2. The summed E-state index contributed by atoms with van der Waals surface area (Å²) in [6.07, 6.45) is 0. The number of anilines is 6. The third-order valence-corrected chi connectivity index (χ3v) is 8.34. The molecule has 0 aromatic heterocycles. The highest BCUT2D eigenvalue weighted by Gasteiger charge is 2.20. The lowest BCUT2D eigenvalue weighted by molar-refractivity contribution is 0.415. The van der Waals surface area contributed by atoms with E-state index in [4.69, 9.17) is 9.47 Å². The van der Waals surface area contributed by atoms with Crippen LogP contribution in [0, 0.1) is 27.7 Å². The summed E-state index contributed by atoms with van der Waals surface area (Å²) >= 11 is 0. The summed E-state index contributed by atoms with van der Waals surface area (Å²) in [6.45, 7) is 8.43. The quantitative estimate of drug-likeness (QED) is 0.164. The molecule has 6 rings (SSSR count). The molecule has 6 aromatic rings. The van der Waals surface area contributed by atoms with Crippen molar-refractivity contribution in [2.45, 2.75) is 27.7 Å². The SMILES string of the molecule is COc1cc(-c2ccc(N(c3ccc(C)cc3)c3ccc(C)cc3)c(OC)c2)ccc1N(c1ccc(C)cc1)c1ccc(C)cc1. The normalized spacial score (nSPS) is 10.8. The zero-order valence-corrected chi connectivity index (χ0v) is 27.4. The maximum absolute atomic E-state index is 6.05. The van der Waals surface area contributed by atoms with E-state index >= 15 is 0 Å². The highest BCUT2D eigenvalue weighted by Crippen LogP contribution is 2.45. The molecular weight excluding hydrogens is 564 g/mol. The summed E-state index contributed by atoms with van der Waals surface area (Å²) in [6, 6.07) is 47.1. The summed E-state index contributed by atoms with van der Waals surface area (Å²) in [5.74, 6) is 1.56. The zero-order chi connectivity index (χ0) is 32.2. The van der Waals surface area contributed by atoms with Gasteiger partial charge in [0, 0.05) is 22.7 Å². The molecule has 230 valence electrons. The number of hydrogen-bond donors (Lipinski definition) is 0. The third kappa shape index (κ3) is 6.33. The lowest BCUT2D eigenvalue weighted by Gasteiger charge is -2.28. The van der Waals surface area contributed by atoms with Gasteiger partial charge in [-0.2, -0.15) is 0 Å². The fourth-order valence-electron chi connectivity index (χ4n) is 5.71. The van der Waals surface area contributed by atoms with Crippen molar-refractivity contribution in [3.05, 3.63) is 156 Å². The predicted molar refractivity (Wildman–Crippen MR) is 193 cm³/mol. The van der Waals surface area contributed by atoms with Crippen molar-refractivity contribution >= 4 is 34.1 Å². The molecule has 0 unspecified atom stereocenters. The number of hydrogen-bond acceptors (Lipinski definition) is 4. The van der Waals surface area contributed by atoms with Crippen LogP contribution in [0.5, 0.6) is 11.5 Å². The van der Waals surface area contributed by atoms with Gasteiger partial charge in [0.05, 0.1) is 25.6 Å². The van der Waals surface area contributed by atoms with Crippen LogP contribution in [-0.4, -0.2) is 14.2 Å². The second kappa shape index (κ2) is 13.3. The molecule has 0 saturated carbocycles. The molecule has 0 saturated heterocycles.